The number of amides is 2. The lowest BCUT2D eigenvalue weighted by Gasteiger charge is -2.19. The van der Waals surface area contributed by atoms with E-state index in [0.717, 1.165) is 5.56 Å². The fourth-order valence-electron chi connectivity index (χ4n) is 1.97. The number of carbonyl (C=O) groups is 2. The second kappa shape index (κ2) is 5.49. The van der Waals surface area contributed by atoms with E-state index >= 15 is 0 Å². The Morgan fingerprint density at radius 3 is 2.71 bits per heavy atom. The van der Waals surface area contributed by atoms with E-state index < -0.39 is 17.7 Å². The number of nitrogens with zero attached hydrogens (tertiary/aromatic N) is 1. The maximum atomic E-state index is 11.6. The Hall–Kier alpha value is -2.48. The highest BCUT2D eigenvalue weighted by molar-refractivity contribution is 7.80. The third kappa shape index (κ3) is 2.84. The molecule has 1 aromatic rings. The third-order valence-corrected chi connectivity index (χ3v) is 3.21. The molecule has 0 spiro atoms. The molecule has 1 aromatic carbocycles. The van der Waals surface area contributed by atoms with Gasteiger partial charge in [-0.25, -0.2) is 0 Å². The predicted octanol–water partition coefficient (Wildman–Crippen LogP) is 0.133. The fourth-order valence-corrected chi connectivity index (χ4v) is 2.17. The van der Waals surface area contributed by atoms with Crippen molar-refractivity contribution in [2.24, 2.45) is 10.9 Å². The Bertz CT molecular complexity index is 639. The van der Waals surface area contributed by atoms with Crippen LogP contribution in [0.5, 0.6) is 11.5 Å². The molecule has 8 heteroatoms. The lowest BCUT2D eigenvalue weighted by molar-refractivity contribution is -0.131. The number of nitrogens with one attached hydrogen (secondary N) is 2. The van der Waals surface area contributed by atoms with Crippen molar-refractivity contribution in [2.45, 2.75) is 6.54 Å². The van der Waals surface area contributed by atoms with Crippen LogP contribution in [0.3, 0.4) is 0 Å². The first-order valence-corrected chi connectivity index (χ1v) is 6.58. The molecule has 0 aliphatic carbocycles. The normalized spacial score (nSPS) is 18.0. The molecule has 2 N–H and O–H groups in total. The van der Waals surface area contributed by atoms with Crippen LogP contribution in [0.1, 0.15) is 5.56 Å². The van der Waals surface area contributed by atoms with Gasteiger partial charge in [-0.1, -0.05) is 6.07 Å². The van der Waals surface area contributed by atoms with E-state index in [1.54, 1.807) is 6.07 Å². The molecule has 7 nitrogen and oxygen atoms in total. The average molecular weight is 305 g/mol. The van der Waals surface area contributed by atoms with Gasteiger partial charge in [-0.05, 0) is 29.9 Å². The van der Waals surface area contributed by atoms with Gasteiger partial charge in [0.2, 0.25) is 18.6 Å². The second-order valence-corrected chi connectivity index (χ2v) is 4.87. The summed E-state index contributed by atoms with van der Waals surface area (Å²) in [5.41, 5.74) is 0.891. The topological polar surface area (TPSA) is 89.0 Å². The number of ether oxygens (including phenoxy) is 2. The highest BCUT2D eigenvalue weighted by atomic mass is 32.1. The van der Waals surface area contributed by atoms with Crippen molar-refractivity contribution in [3.8, 4) is 11.5 Å². The van der Waals surface area contributed by atoms with Crippen molar-refractivity contribution in [3.63, 3.8) is 0 Å². The largest absolute Gasteiger partial charge is 0.454 e. The van der Waals surface area contributed by atoms with Crippen LogP contribution in [0.4, 0.5) is 0 Å². The van der Waals surface area contributed by atoms with Crippen LogP contribution in [-0.4, -0.2) is 29.9 Å². The number of hydrogen-bond donors (Lipinski definition) is 2. The zero-order valence-corrected chi connectivity index (χ0v) is 11.6. The van der Waals surface area contributed by atoms with Gasteiger partial charge in [-0.2, -0.15) is 0 Å². The lowest BCUT2D eigenvalue weighted by atomic mass is 10.1. The number of fused-ring (bicyclic) bond motifs is 1. The Morgan fingerprint density at radius 2 is 1.95 bits per heavy atom. The first-order chi connectivity index (χ1) is 10.1. The summed E-state index contributed by atoms with van der Waals surface area (Å²) in [6.45, 7) is 0.544. The van der Waals surface area contributed by atoms with Gasteiger partial charge < -0.3 is 20.1 Å². The van der Waals surface area contributed by atoms with Gasteiger partial charge >= 0.3 is 0 Å². The number of hydrogen-bond acceptors (Lipinski definition) is 6. The molecule has 0 saturated carbocycles. The lowest BCUT2D eigenvalue weighted by Crippen LogP contribution is -2.56. The summed E-state index contributed by atoms with van der Waals surface area (Å²) in [6, 6.07) is 5.46. The number of rotatable bonds is 3. The minimum atomic E-state index is -0.967. The van der Waals surface area contributed by atoms with Crippen LogP contribution in [0.15, 0.2) is 23.2 Å². The van der Waals surface area contributed by atoms with Crippen LogP contribution < -0.4 is 20.1 Å². The third-order valence-electron chi connectivity index (χ3n) is 3.00. The summed E-state index contributed by atoms with van der Waals surface area (Å²) in [5, 5.41) is 4.77. The van der Waals surface area contributed by atoms with Gasteiger partial charge in [-0.15, -0.1) is 0 Å². The van der Waals surface area contributed by atoms with Crippen LogP contribution in [-0.2, 0) is 16.1 Å². The monoisotopic (exact) mass is 305 g/mol. The Labute approximate surface area is 125 Å². The number of aliphatic imine (C=N–C) groups is 1. The van der Waals surface area contributed by atoms with E-state index in [2.05, 4.69) is 15.6 Å². The smallest absolute Gasteiger partial charge is 0.244 e. The summed E-state index contributed by atoms with van der Waals surface area (Å²) in [4.78, 5) is 27.4. The van der Waals surface area contributed by atoms with E-state index in [0.29, 0.717) is 18.0 Å². The number of benzene rings is 1. The molecule has 21 heavy (non-hydrogen) atoms. The molecular formula is C13H11N3O4S. The van der Waals surface area contributed by atoms with E-state index in [9.17, 15) is 9.59 Å². The van der Waals surface area contributed by atoms with Crippen molar-refractivity contribution in [2.75, 3.05) is 6.79 Å². The highest BCUT2D eigenvalue weighted by Crippen LogP contribution is 2.32. The molecule has 0 aromatic heterocycles. The molecule has 3 rings (SSSR count). The SMILES string of the molecule is O=C1NC(=S)NC(=O)C1C=NCc1ccc2c(c1)OCO2. The Kier molecular flexibility index (Phi) is 3.53. The molecule has 108 valence electrons. The maximum Gasteiger partial charge on any atom is 0.244 e. The zero-order chi connectivity index (χ0) is 14.8. The van der Waals surface area contributed by atoms with Gasteiger partial charge in [0.25, 0.3) is 0 Å². The second-order valence-electron chi connectivity index (χ2n) is 4.46. The van der Waals surface area contributed by atoms with Crippen molar-refractivity contribution in [1.29, 1.82) is 0 Å². The molecule has 0 bridgehead atoms. The molecular weight excluding hydrogens is 294 g/mol. The standard InChI is InChI=1S/C13H11N3O4S/c17-11-8(12(18)16-13(21)15-11)5-14-4-7-1-2-9-10(3-7)20-6-19-9/h1-3,5,8H,4,6H2,(H2,15,16,17,18,21). The number of thiocarbonyl (C=S) groups is 1. The van der Waals surface area contributed by atoms with Crippen LogP contribution >= 0.6 is 12.2 Å². The fraction of sp³-hybridized carbons (Fsp3) is 0.231. The summed E-state index contributed by atoms with van der Waals surface area (Å²) < 4.78 is 10.5. The van der Waals surface area contributed by atoms with Crippen molar-refractivity contribution >= 4 is 35.4 Å². The average Bonchev–Trinajstić information content (AvgIpc) is 2.89. The zero-order valence-electron chi connectivity index (χ0n) is 10.8. The molecule has 1 fully saturated rings. The highest BCUT2D eigenvalue weighted by Gasteiger charge is 2.30. The number of carbonyl (C=O) groups excluding carboxylic acids is 2. The molecule has 0 atom stereocenters. The Balaban J connectivity index is 1.65. The van der Waals surface area contributed by atoms with E-state index in [1.165, 1.54) is 6.21 Å². The molecule has 2 heterocycles. The van der Waals surface area contributed by atoms with Gasteiger partial charge in [0.15, 0.2) is 22.5 Å². The van der Waals surface area contributed by atoms with Crippen molar-refractivity contribution < 1.29 is 19.1 Å². The molecule has 0 unspecified atom stereocenters. The molecule has 2 aliphatic rings. The molecule has 2 amide bonds. The minimum Gasteiger partial charge on any atom is -0.454 e. The first-order valence-electron chi connectivity index (χ1n) is 6.17. The molecule has 0 radical (unpaired) electrons. The van der Waals surface area contributed by atoms with Gasteiger partial charge in [0.05, 0.1) is 6.54 Å². The van der Waals surface area contributed by atoms with Gasteiger partial charge in [-0.3, -0.25) is 14.6 Å². The minimum absolute atomic E-state index is 0.0189. The van der Waals surface area contributed by atoms with Gasteiger partial charge in [0, 0.05) is 6.21 Å². The summed E-state index contributed by atoms with van der Waals surface area (Å²) >= 11 is 4.71. The van der Waals surface area contributed by atoms with Crippen LogP contribution in [0.2, 0.25) is 0 Å². The van der Waals surface area contributed by atoms with E-state index in [-0.39, 0.29) is 11.9 Å². The molecule has 2 aliphatic heterocycles. The van der Waals surface area contributed by atoms with Crippen molar-refractivity contribution in [1.82, 2.24) is 10.6 Å². The van der Waals surface area contributed by atoms with Crippen molar-refractivity contribution in [3.05, 3.63) is 23.8 Å². The quantitative estimate of drug-likeness (QED) is 0.471. The summed E-state index contributed by atoms with van der Waals surface area (Å²) in [5.74, 6) is -0.550. The van der Waals surface area contributed by atoms with E-state index in [4.69, 9.17) is 21.7 Å². The predicted molar refractivity (Wildman–Crippen MR) is 77.1 cm³/mol. The Morgan fingerprint density at radius 1 is 1.24 bits per heavy atom. The van der Waals surface area contributed by atoms with Crippen LogP contribution in [0, 0.1) is 5.92 Å². The van der Waals surface area contributed by atoms with E-state index in [1.807, 2.05) is 12.1 Å². The maximum absolute atomic E-state index is 11.6. The molecule has 1 saturated heterocycles. The van der Waals surface area contributed by atoms with Gasteiger partial charge in [0.1, 0.15) is 0 Å². The summed E-state index contributed by atoms with van der Waals surface area (Å²) in [7, 11) is 0. The first kappa shape index (κ1) is 13.5. The summed E-state index contributed by atoms with van der Waals surface area (Å²) in [6.07, 6.45) is 1.32. The van der Waals surface area contributed by atoms with Crippen LogP contribution in [0.25, 0.3) is 0 Å².